The van der Waals surface area contributed by atoms with Gasteiger partial charge in [-0.05, 0) is 25.7 Å². The Hall–Kier alpha value is -2.48. The van der Waals surface area contributed by atoms with Crippen LogP contribution >= 0.6 is 0 Å². The van der Waals surface area contributed by atoms with Crippen LogP contribution in [0.25, 0.3) is 0 Å². The second-order valence-electron chi connectivity index (χ2n) is 7.84. The fourth-order valence-electron chi connectivity index (χ4n) is 3.85. The molecule has 0 aromatic carbocycles. The molecule has 2 aliphatic rings. The van der Waals surface area contributed by atoms with Gasteiger partial charge in [0.15, 0.2) is 0 Å². The zero-order valence-electron chi connectivity index (χ0n) is 17.8. The van der Waals surface area contributed by atoms with Crippen LogP contribution in [0, 0.1) is 22.7 Å². The molecule has 182 valence electrons. The number of rotatable bonds is 5. The smallest absolute Gasteiger partial charge is 0.377 e. The minimum Gasteiger partial charge on any atom is -0.377 e. The van der Waals surface area contributed by atoms with Crippen LogP contribution in [0.15, 0.2) is 24.0 Å². The van der Waals surface area contributed by atoms with Crippen molar-refractivity contribution in [2.45, 2.75) is 97.3 Å². The lowest BCUT2D eigenvalue weighted by Gasteiger charge is -2.30. The topological polar surface area (TPSA) is 71.1 Å². The molecular formula is C24H39F3N4O. The maximum Gasteiger partial charge on any atom is 0.455 e. The fourth-order valence-corrected chi connectivity index (χ4v) is 3.85. The molecule has 0 aliphatic heterocycles. The minimum atomic E-state index is -4.99. The Morgan fingerprint density at radius 3 is 1.69 bits per heavy atom. The molecule has 0 spiro atoms. The van der Waals surface area contributed by atoms with Gasteiger partial charge < -0.3 is 9.80 Å². The van der Waals surface area contributed by atoms with E-state index in [1.165, 1.54) is 38.2 Å². The van der Waals surface area contributed by atoms with E-state index in [0.29, 0.717) is 6.04 Å². The first-order chi connectivity index (χ1) is 14.2. The minimum absolute atomic E-state index is 0. The molecule has 2 rings (SSSR count). The summed E-state index contributed by atoms with van der Waals surface area (Å²) in [6.45, 7) is 0. The summed E-state index contributed by atoms with van der Waals surface area (Å²) in [5.41, 5.74) is -0.851. The predicted molar refractivity (Wildman–Crippen MR) is 122 cm³/mol. The third kappa shape index (κ3) is 11.2. The first kappa shape index (κ1) is 31.7. The number of carbonyl (C=O) groups is 1. The number of allylic oxidation sites excluding steroid dienone is 2. The number of nitrogens with zero attached hydrogens (tertiary/aromatic N) is 4. The van der Waals surface area contributed by atoms with Crippen LogP contribution < -0.4 is 0 Å². The van der Waals surface area contributed by atoms with E-state index in [4.69, 9.17) is 10.5 Å². The van der Waals surface area contributed by atoms with Crippen LogP contribution in [0.3, 0.4) is 0 Å². The Morgan fingerprint density at radius 2 is 1.31 bits per heavy atom. The van der Waals surface area contributed by atoms with Gasteiger partial charge in [0.2, 0.25) is 0 Å². The summed E-state index contributed by atoms with van der Waals surface area (Å²) in [6, 6.07) is 4.13. The number of hydrogen-bond acceptors (Lipinski definition) is 5. The molecule has 2 aliphatic carbocycles. The van der Waals surface area contributed by atoms with Crippen molar-refractivity contribution < 1.29 is 18.0 Å². The van der Waals surface area contributed by atoms with E-state index in [-0.39, 0.29) is 20.9 Å². The molecule has 0 amide bonds. The highest BCUT2D eigenvalue weighted by Crippen LogP contribution is 2.24. The van der Waals surface area contributed by atoms with Gasteiger partial charge in [0.1, 0.15) is 11.6 Å². The lowest BCUT2D eigenvalue weighted by atomic mass is 9.94. The first-order valence-corrected chi connectivity index (χ1v) is 10.4. The van der Waals surface area contributed by atoms with E-state index >= 15 is 0 Å². The van der Waals surface area contributed by atoms with E-state index < -0.39 is 17.5 Å². The van der Waals surface area contributed by atoms with Crippen LogP contribution in [0.5, 0.6) is 0 Å². The van der Waals surface area contributed by atoms with Crippen molar-refractivity contribution >= 4 is 5.78 Å². The summed E-state index contributed by atoms with van der Waals surface area (Å²) in [5.74, 6) is -2.08. The maximum absolute atomic E-state index is 12.2. The monoisotopic (exact) mass is 456 g/mol. The van der Waals surface area contributed by atoms with E-state index in [2.05, 4.69) is 11.9 Å². The summed E-state index contributed by atoms with van der Waals surface area (Å²) in [4.78, 5) is 14.7. The molecule has 32 heavy (non-hydrogen) atoms. The van der Waals surface area contributed by atoms with Crippen molar-refractivity contribution in [3.63, 3.8) is 0 Å². The largest absolute Gasteiger partial charge is 0.455 e. The summed E-state index contributed by atoms with van der Waals surface area (Å²) < 4.78 is 36.7. The highest BCUT2D eigenvalue weighted by molar-refractivity contribution is 6.02. The Kier molecular flexibility index (Phi) is 16.0. The van der Waals surface area contributed by atoms with E-state index in [1.807, 2.05) is 12.3 Å². The Bertz CT molecular complexity index is 677. The van der Waals surface area contributed by atoms with Crippen molar-refractivity contribution in [2.24, 2.45) is 0 Å². The number of hydrogen-bond donors (Lipinski definition) is 0. The number of ketones is 1. The van der Waals surface area contributed by atoms with E-state index in [0.717, 1.165) is 38.3 Å². The summed E-state index contributed by atoms with van der Waals surface area (Å²) >= 11 is 0. The molecule has 0 radical (unpaired) electrons. The molecule has 8 heteroatoms. The molecule has 0 unspecified atom stereocenters. The SMILES string of the molecule is C.C.CN(/C=C\C#N)C1CCCCC1.CN(C=C(C#N)C(=O)C(F)(F)F)C1CCCCC1. The number of alkyl halides is 3. The standard InChI is InChI=1S/C12H15F3N2O.C10H16N2.2CH4/c1-17(10-5-3-2-4-6-10)8-9(7-16)11(18)12(13,14)15;1-12(9-5-8-11)10-6-3-2-4-7-10;;/h8,10H,2-6H2,1H3;5,9-10H,2-4,6-7H2,1H3;2*1H4/b;9-5-;;. The summed E-state index contributed by atoms with van der Waals surface area (Å²) in [6.07, 6.45) is 11.0. The fraction of sp³-hybridized carbons (Fsp3) is 0.708. The van der Waals surface area contributed by atoms with Crippen molar-refractivity contribution in [2.75, 3.05) is 14.1 Å². The molecule has 0 saturated heterocycles. The number of Topliss-reactive ketones (excluding diaryl/α,β-unsaturated/α-hetero) is 1. The number of halogens is 3. The highest BCUT2D eigenvalue weighted by atomic mass is 19.4. The molecule has 5 nitrogen and oxygen atoms in total. The van der Waals surface area contributed by atoms with Crippen molar-refractivity contribution in [3.05, 3.63) is 24.0 Å². The third-order valence-electron chi connectivity index (χ3n) is 5.64. The first-order valence-electron chi connectivity index (χ1n) is 10.4. The van der Waals surface area contributed by atoms with Gasteiger partial charge in [0, 0.05) is 44.7 Å². The van der Waals surface area contributed by atoms with Crippen LogP contribution in [-0.4, -0.2) is 47.9 Å². The Labute approximate surface area is 192 Å². The molecule has 0 N–H and O–H groups in total. The van der Waals surface area contributed by atoms with Gasteiger partial charge in [0.25, 0.3) is 5.78 Å². The molecule has 2 fully saturated rings. The molecule has 0 bridgehead atoms. The quantitative estimate of drug-likeness (QED) is 0.356. The van der Waals surface area contributed by atoms with Gasteiger partial charge in [-0.2, -0.15) is 23.7 Å². The van der Waals surface area contributed by atoms with Gasteiger partial charge in [-0.1, -0.05) is 53.4 Å². The highest BCUT2D eigenvalue weighted by Gasteiger charge is 2.41. The summed E-state index contributed by atoms with van der Waals surface area (Å²) in [5, 5.41) is 17.0. The van der Waals surface area contributed by atoms with Gasteiger partial charge in [-0.25, -0.2) is 0 Å². The summed E-state index contributed by atoms with van der Waals surface area (Å²) in [7, 11) is 3.67. The van der Waals surface area contributed by atoms with Crippen LogP contribution in [-0.2, 0) is 4.79 Å². The number of nitriles is 2. The van der Waals surface area contributed by atoms with Crippen molar-refractivity contribution in [3.8, 4) is 12.1 Å². The normalized spacial score (nSPS) is 17.5. The zero-order chi connectivity index (χ0) is 22.6. The molecule has 0 aromatic heterocycles. The van der Waals surface area contributed by atoms with Gasteiger partial charge in [0.05, 0.1) is 6.07 Å². The van der Waals surface area contributed by atoms with Gasteiger partial charge in [-0.15, -0.1) is 0 Å². The Morgan fingerprint density at radius 1 is 0.875 bits per heavy atom. The van der Waals surface area contributed by atoms with Crippen molar-refractivity contribution in [1.82, 2.24) is 9.80 Å². The molecule has 2 saturated carbocycles. The lowest BCUT2D eigenvalue weighted by Crippen LogP contribution is -2.31. The predicted octanol–water partition coefficient (Wildman–Crippen LogP) is 6.35. The molecule has 0 heterocycles. The molecule has 0 atom stereocenters. The van der Waals surface area contributed by atoms with Gasteiger partial charge in [-0.3, -0.25) is 4.79 Å². The van der Waals surface area contributed by atoms with Crippen molar-refractivity contribution in [1.29, 1.82) is 10.5 Å². The second-order valence-corrected chi connectivity index (χ2v) is 7.84. The number of carbonyl (C=O) groups excluding carboxylic acids is 1. The van der Waals surface area contributed by atoms with Crippen LogP contribution in [0.1, 0.15) is 79.1 Å². The van der Waals surface area contributed by atoms with E-state index in [1.54, 1.807) is 18.0 Å². The van der Waals surface area contributed by atoms with Crippen LogP contribution in [0.4, 0.5) is 13.2 Å². The average Bonchev–Trinajstić information content (AvgIpc) is 2.76. The maximum atomic E-state index is 12.2. The van der Waals surface area contributed by atoms with Crippen LogP contribution in [0.2, 0.25) is 0 Å². The van der Waals surface area contributed by atoms with E-state index in [9.17, 15) is 18.0 Å². The average molecular weight is 457 g/mol. The lowest BCUT2D eigenvalue weighted by molar-refractivity contribution is -0.166. The molecular weight excluding hydrogens is 417 g/mol. The zero-order valence-corrected chi connectivity index (χ0v) is 17.8. The third-order valence-corrected chi connectivity index (χ3v) is 5.64. The Balaban J connectivity index is 0. The van der Waals surface area contributed by atoms with Gasteiger partial charge >= 0.3 is 6.18 Å². The second kappa shape index (κ2) is 16.2. The molecule has 0 aromatic rings.